The van der Waals surface area contributed by atoms with E-state index >= 15 is 0 Å². The maximum Gasteiger partial charge on any atom is 0.239 e. The molecule has 1 N–H and O–H groups in total. The number of amides is 1. The molecule has 2 rings (SSSR count). The third-order valence-electron chi connectivity index (χ3n) is 1.78. The van der Waals surface area contributed by atoms with Crippen LogP contribution in [0.15, 0.2) is 29.2 Å². The van der Waals surface area contributed by atoms with Crippen LogP contribution < -0.4 is 5.32 Å². The third kappa shape index (κ3) is 1.84. The highest BCUT2D eigenvalue weighted by Gasteiger charge is 2.15. The monoisotopic (exact) mass is 194 g/mol. The minimum atomic E-state index is 0.0416. The first-order valence-electron chi connectivity index (χ1n) is 4.04. The highest BCUT2D eigenvalue weighted by atomic mass is 32.2. The number of nitrogens with one attached hydrogen (secondary N) is 1. The van der Waals surface area contributed by atoms with Gasteiger partial charge in [0.15, 0.2) is 0 Å². The van der Waals surface area contributed by atoms with Gasteiger partial charge in [0.1, 0.15) is 0 Å². The summed E-state index contributed by atoms with van der Waals surface area (Å²) in [6.45, 7) is 0.430. The summed E-state index contributed by atoms with van der Waals surface area (Å²) >= 11 is 1.59. The molecule has 1 aromatic rings. The van der Waals surface area contributed by atoms with Gasteiger partial charge in [-0.2, -0.15) is 0 Å². The van der Waals surface area contributed by atoms with Crippen LogP contribution in [0, 0.1) is 0 Å². The smallest absolute Gasteiger partial charge is 0.239 e. The zero-order chi connectivity index (χ0) is 9.26. The number of hydrogen-bond donors (Lipinski definition) is 1. The van der Waals surface area contributed by atoms with Gasteiger partial charge in [-0.15, -0.1) is 0 Å². The van der Waals surface area contributed by atoms with Crippen LogP contribution in [0.1, 0.15) is 0 Å². The Balaban J connectivity index is 2.38. The molecule has 13 heavy (non-hydrogen) atoms. The van der Waals surface area contributed by atoms with Crippen molar-refractivity contribution in [3.63, 3.8) is 0 Å². The summed E-state index contributed by atoms with van der Waals surface area (Å²) < 4.78 is 1.92. The van der Waals surface area contributed by atoms with Gasteiger partial charge in [-0.25, -0.2) is 4.31 Å². The summed E-state index contributed by atoms with van der Waals surface area (Å²) in [7, 11) is 1.91. The van der Waals surface area contributed by atoms with Crippen molar-refractivity contribution >= 4 is 23.5 Å². The molecule has 1 amide bonds. The molecule has 0 aromatic heterocycles. The lowest BCUT2D eigenvalue weighted by atomic mass is 10.3. The van der Waals surface area contributed by atoms with Crippen molar-refractivity contribution < 1.29 is 4.79 Å². The van der Waals surface area contributed by atoms with Gasteiger partial charge in [0.25, 0.3) is 0 Å². The van der Waals surface area contributed by atoms with Crippen molar-refractivity contribution in [2.75, 3.05) is 18.9 Å². The largest absolute Gasteiger partial charge is 0.324 e. The Kier molecular flexibility index (Phi) is 2.24. The Morgan fingerprint density at radius 3 is 3.08 bits per heavy atom. The molecule has 0 fully saturated rings. The first-order chi connectivity index (χ1) is 6.25. The third-order valence-corrected chi connectivity index (χ3v) is 2.78. The van der Waals surface area contributed by atoms with Gasteiger partial charge in [-0.05, 0) is 31.1 Å². The van der Waals surface area contributed by atoms with Crippen molar-refractivity contribution in [3.8, 4) is 0 Å². The summed E-state index contributed by atoms with van der Waals surface area (Å²) in [5, 5.41) is 2.85. The number of anilines is 1. The summed E-state index contributed by atoms with van der Waals surface area (Å²) in [5.41, 5.74) is 0.904. The van der Waals surface area contributed by atoms with Gasteiger partial charge < -0.3 is 5.32 Å². The fraction of sp³-hybridized carbons (Fsp3) is 0.222. The van der Waals surface area contributed by atoms with Crippen molar-refractivity contribution in [2.24, 2.45) is 0 Å². The molecule has 0 radical (unpaired) electrons. The number of rotatable bonds is 0. The second-order valence-electron chi connectivity index (χ2n) is 2.92. The molecule has 1 aliphatic rings. The van der Waals surface area contributed by atoms with E-state index in [1.165, 1.54) is 0 Å². The van der Waals surface area contributed by atoms with Crippen molar-refractivity contribution in [3.05, 3.63) is 24.3 Å². The summed E-state index contributed by atoms with van der Waals surface area (Å²) in [6.07, 6.45) is 0. The second-order valence-corrected chi connectivity index (χ2v) is 4.17. The number of nitrogens with zero attached hydrogens (tertiary/aromatic N) is 1. The molecular weight excluding hydrogens is 184 g/mol. The quantitative estimate of drug-likeness (QED) is 0.636. The molecule has 0 spiro atoms. The zero-order valence-corrected chi connectivity index (χ0v) is 8.10. The Hall–Kier alpha value is -1.00. The van der Waals surface area contributed by atoms with E-state index in [1.54, 1.807) is 11.9 Å². The Bertz CT molecular complexity index is 340. The van der Waals surface area contributed by atoms with Crippen molar-refractivity contribution in [2.45, 2.75) is 4.90 Å². The summed E-state index contributed by atoms with van der Waals surface area (Å²) in [6, 6.07) is 7.81. The first-order valence-corrected chi connectivity index (χ1v) is 4.81. The van der Waals surface area contributed by atoms with E-state index in [-0.39, 0.29) is 5.91 Å². The zero-order valence-electron chi connectivity index (χ0n) is 7.28. The highest BCUT2D eigenvalue weighted by molar-refractivity contribution is 7.97. The maximum absolute atomic E-state index is 11.3. The van der Waals surface area contributed by atoms with Gasteiger partial charge in [-0.1, -0.05) is 12.1 Å². The van der Waals surface area contributed by atoms with Gasteiger partial charge in [0.2, 0.25) is 5.91 Å². The molecule has 3 nitrogen and oxygen atoms in total. The Morgan fingerprint density at radius 1 is 1.46 bits per heavy atom. The molecule has 1 aromatic carbocycles. The minimum Gasteiger partial charge on any atom is -0.324 e. The normalized spacial score (nSPS) is 17.5. The van der Waals surface area contributed by atoms with Crippen LogP contribution in [0.2, 0.25) is 0 Å². The van der Waals surface area contributed by atoms with Crippen LogP contribution in [0.3, 0.4) is 0 Å². The SMILES string of the molecule is CN1CC(=O)Nc2ccccc2S1. The fourth-order valence-electron chi connectivity index (χ4n) is 1.24. The van der Waals surface area contributed by atoms with Crippen LogP contribution in [0.4, 0.5) is 5.69 Å². The van der Waals surface area contributed by atoms with E-state index in [4.69, 9.17) is 0 Å². The maximum atomic E-state index is 11.3. The predicted molar refractivity (Wildman–Crippen MR) is 53.6 cm³/mol. The number of likely N-dealkylation sites (N-methyl/N-ethyl adjacent to an activating group) is 1. The number of benzene rings is 1. The molecule has 1 heterocycles. The number of para-hydroxylation sites is 1. The average Bonchev–Trinajstić information content (AvgIpc) is 2.20. The predicted octanol–water partition coefficient (Wildman–Crippen LogP) is 1.58. The number of hydrogen-bond acceptors (Lipinski definition) is 3. The van der Waals surface area contributed by atoms with E-state index in [0.717, 1.165) is 10.6 Å². The highest BCUT2D eigenvalue weighted by Crippen LogP contribution is 2.30. The molecule has 0 bridgehead atoms. The molecule has 0 aliphatic carbocycles. The molecular formula is C9H10N2OS. The fourth-order valence-corrected chi connectivity index (χ4v) is 2.12. The van der Waals surface area contributed by atoms with E-state index in [0.29, 0.717) is 6.54 Å². The summed E-state index contributed by atoms with van der Waals surface area (Å²) in [4.78, 5) is 12.4. The Labute approximate surface area is 81.3 Å². The standard InChI is InChI=1S/C9H10N2OS/c1-11-6-9(12)10-7-4-2-3-5-8(7)13-11/h2-5H,6H2,1H3,(H,10,12). The molecule has 0 atom stereocenters. The van der Waals surface area contributed by atoms with Gasteiger partial charge in [0, 0.05) is 4.90 Å². The summed E-state index contributed by atoms with van der Waals surface area (Å²) in [5.74, 6) is 0.0416. The lowest BCUT2D eigenvalue weighted by Crippen LogP contribution is -2.22. The molecule has 0 saturated carbocycles. The molecule has 68 valence electrons. The molecule has 1 aliphatic heterocycles. The second kappa shape index (κ2) is 3.40. The van der Waals surface area contributed by atoms with Crippen LogP contribution >= 0.6 is 11.9 Å². The molecule has 4 heteroatoms. The first kappa shape index (κ1) is 8.59. The molecule has 0 saturated heterocycles. The molecule has 0 unspecified atom stereocenters. The van der Waals surface area contributed by atoms with Crippen LogP contribution in [0.25, 0.3) is 0 Å². The van der Waals surface area contributed by atoms with Gasteiger partial charge >= 0.3 is 0 Å². The van der Waals surface area contributed by atoms with Crippen LogP contribution in [-0.2, 0) is 4.79 Å². The van der Waals surface area contributed by atoms with E-state index in [2.05, 4.69) is 5.32 Å². The minimum absolute atomic E-state index is 0.0416. The van der Waals surface area contributed by atoms with E-state index < -0.39 is 0 Å². The lowest BCUT2D eigenvalue weighted by Gasteiger charge is -2.09. The van der Waals surface area contributed by atoms with E-state index in [1.807, 2.05) is 35.6 Å². The average molecular weight is 194 g/mol. The lowest BCUT2D eigenvalue weighted by molar-refractivity contribution is -0.116. The number of fused-ring (bicyclic) bond motifs is 1. The Morgan fingerprint density at radius 2 is 2.23 bits per heavy atom. The van der Waals surface area contributed by atoms with Crippen LogP contribution in [0.5, 0.6) is 0 Å². The van der Waals surface area contributed by atoms with Crippen molar-refractivity contribution in [1.82, 2.24) is 4.31 Å². The topological polar surface area (TPSA) is 32.3 Å². The van der Waals surface area contributed by atoms with Crippen LogP contribution in [-0.4, -0.2) is 23.8 Å². The number of carbonyl (C=O) groups is 1. The van der Waals surface area contributed by atoms with Crippen molar-refractivity contribution in [1.29, 1.82) is 0 Å². The number of carbonyl (C=O) groups excluding carboxylic acids is 1. The van der Waals surface area contributed by atoms with Gasteiger partial charge in [0.05, 0.1) is 12.2 Å². The van der Waals surface area contributed by atoms with Gasteiger partial charge in [-0.3, -0.25) is 4.79 Å². The van der Waals surface area contributed by atoms with E-state index in [9.17, 15) is 4.79 Å².